The van der Waals surface area contributed by atoms with Gasteiger partial charge in [0, 0.05) is 10.7 Å². The number of carbonyl (C=O) groups is 2. The number of rotatable bonds is 3. The molecule has 1 heterocycles. The van der Waals surface area contributed by atoms with Crippen LogP contribution < -0.4 is 5.73 Å². The van der Waals surface area contributed by atoms with E-state index in [0.717, 1.165) is 22.9 Å². The van der Waals surface area contributed by atoms with Gasteiger partial charge in [0.25, 0.3) is 11.1 Å². The second kappa shape index (κ2) is 6.48. The highest BCUT2D eigenvalue weighted by molar-refractivity contribution is 8.18. The van der Waals surface area contributed by atoms with Crippen LogP contribution in [0.1, 0.15) is 11.1 Å². The van der Waals surface area contributed by atoms with Gasteiger partial charge in [-0.3, -0.25) is 14.5 Å². The molecule has 0 radical (unpaired) electrons. The van der Waals surface area contributed by atoms with E-state index in [-0.39, 0.29) is 17.7 Å². The average Bonchev–Trinajstić information content (AvgIpc) is 2.75. The smallest absolute Gasteiger partial charge is 0.293 e. The number of carbonyl (C=O) groups excluding carboxylic acids is 2. The van der Waals surface area contributed by atoms with Crippen molar-refractivity contribution in [2.45, 2.75) is 6.54 Å². The monoisotopic (exact) mass is 344 g/mol. The first-order valence-electron chi connectivity index (χ1n) is 6.88. The predicted molar refractivity (Wildman–Crippen MR) is 93.8 cm³/mol. The molecule has 23 heavy (non-hydrogen) atoms. The first-order valence-corrected chi connectivity index (χ1v) is 8.08. The van der Waals surface area contributed by atoms with E-state index in [0.29, 0.717) is 15.6 Å². The summed E-state index contributed by atoms with van der Waals surface area (Å²) >= 11 is 6.87. The maximum absolute atomic E-state index is 12.4. The third-order valence-corrected chi connectivity index (χ3v) is 4.45. The van der Waals surface area contributed by atoms with E-state index < -0.39 is 0 Å². The van der Waals surface area contributed by atoms with Crippen molar-refractivity contribution in [2.24, 2.45) is 0 Å². The van der Waals surface area contributed by atoms with E-state index >= 15 is 0 Å². The topological polar surface area (TPSA) is 63.4 Å². The van der Waals surface area contributed by atoms with Gasteiger partial charge >= 0.3 is 0 Å². The van der Waals surface area contributed by atoms with Crippen LogP contribution in [0.5, 0.6) is 0 Å². The molecule has 2 N–H and O–H groups in total. The van der Waals surface area contributed by atoms with Crippen LogP contribution in [-0.4, -0.2) is 16.0 Å². The normalized spacial score (nSPS) is 16.4. The standard InChI is InChI=1S/C17H13ClN2O2S/c18-13-5-1-4-12(7-13)10-20-16(21)15(23-17(20)22)9-11-3-2-6-14(19)8-11/h1-9H,10,19H2/b15-9-. The number of thioether (sulfide) groups is 1. The lowest BCUT2D eigenvalue weighted by Crippen LogP contribution is -2.27. The first-order chi connectivity index (χ1) is 11.0. The fourth-order valence-corrected chi connectivity index (χ4v) is 3.31. The molecule has 116 valence electrons. The summed E-state index contributed by atoms with van der Waals surface area (Å²) in [7, 11) is 0. The molecular formula is C17H13ClN2O2S. The van der Waals surface area contributed by atoms with E-state index in [4.69, 9.17) is 17.3 Å². The summed E-state index contributed by atoms with van der Waals surface area (Å²) in [5, 5.41) is 0.287. The summed E-state index contributed by atoms with van der Waals surface area (Å²) in [6.45, 7) is 0.208. The van der Waals surface area contributed by atoms with Gasteiger partial charge in [-0.05, 0) is 53.2 Å². The van der Waals surface area contributed by atoms with E-state index in [1.54, 1.807) is 42.5 Å². The van der Waals surface area contributed by atoms with Crippen LogP contribution in [0.15, 0.2) is 53.4 Å². The molecule has 3 rings (SSSR count). The highest BCUT2D eigenvalue weighted by atomic mass is 35.5. The molecule has 4 nitrogen and oxygen atoms in total. The summed E-state index contributed by atoms with van der Waals surface area (Å²) in [5.74, 6) is -0.303. The summed E-state index contributed by atoms with van der Waals surface area (Å²) in [6, 6.07) is 14.3. The number of nitrogens with two attached hydrogens (primary N) is 1. The quantitative estimate of drug-likeness (QED) is 0.670. The molecular weight excluding hydrogens is 332 g/mol. The Kier molecular flexibility index (Phi) is 4.41. The molecule has 2 aromatic rings. The molecule has 0 aliphatic carbocycles. The zero-order valence-electron chi connectivity index (χ0n) is 12.0. The molecule has 2 amide bonds. The molecule has 1 saturated heterocycles. The molecule has 0 unspecified atom stereocenters. The Hall–Kier alpha value is -2.24. The Morgan fingerprint density at radius 2 is 1.91 bits per heavy atom. The minimum absolute atomic E-state index is 0.208. The van der Waals surface area contributed by atoms with Crippen molar-refractivity contribution < 1.29 is 9.59 Å². The lowest BCUT2D eigenvalue weighted by atomic mass is 10.2. The summed E-state index contributed by atoms with van der Waals surface area (Å²) < 4.78 is 0. The van der Waals surface area contributed by atoms with E-state index in [1.165, 1.54) is 4.90 Å². The van der Waals surface area contributed by atoms with Gasteiger partial charge in [0.1, 0.15) is 0 Å². The summed E-state index contributed by atoms with van der Waals surface area (Å²) in [5.41, 5.74) is 7.94. The van der Waals surface area contributed by atoms with Gasteiger partial charge in [0.05, 0.1) is 11.4 Å². The third kappa shape index (κ3) is 3.57. The Morgan fingerprint density at radius 3 is 2.65 bits per heavy atom. The number of imide groups is 1. The molecule has 0 aromatic heterocycles. The van der Waals surface area contributed by atoms with Crippen molar-refractivity contribution in [3.05, 3.63) is 69.6 Å². The van der Waals surface area contributed by atoms with Crippen molar-refractivity contribution in [1.82, 2.24) is 4.90 Å². The molecule has 2 aromatic carbocycles. The number of benzene rings is 2. The zero-order chi connectivity index (χ0) is 16.4. The fraction of sp³-hybridized carbons (Fsp3) is 0.0588. The summed E-state index contributed by atoms with van der Waals surface area (Å²) in [4.78, 5) is 26.2. The highest BCUT2D eigenvalue weighted by Gasteiger charge is 2.34. The average molecular weight is 345 g/mol. The maximum Gasteiger partial charge on any atom is 0.293 e. The van der Waals surface area contributed by atoms with Crippen LogP contribution in [0.25, 0.3) is 6.08 Å². The van der Waals surface area contributed by atoms with Gasteiger partial charge in [0.2, 0.25) is 0 Å². The van der Waals surface area contributed by atoms with Crippen LogP contribution in [0.2, 0.25) is 5.02 Å². The van der Waals surface area contributed by atoms with Crippen molar-refractivity contribution in [1.29, 1.82) is 0 Å². The SMILES string of the molecule is Nc1cccc(/C=C2\SC(=O)N(Cc3cccc(Cl)c3)C2=O)c1. The van der Waals surface area contributed by atoms with Gasteiger partial charge in [-0.15, -0.1) is 0 Å². The van der Waals surface area contributed by atoms with Gasteiger partial charge in [-0.25, -0.2) is 0 Å². The zero-order valence-corrected chi connectivity index (χ0v) is 13.6. The number of hydrogen-bond acceptors (Lipinski definition) is 4. The Bertz CT molecular complexity index is 820. The van der Waals surface area contributed by atoms with Crippen molar-refractivity contribution in [3.8, 4) is 0 Å². The molecule has 1 fully saturated rings. The molecule has 0 spiro atoms. The number of anilines is 1. The molecule has 0 atom stereocenters. The Labute approximate surface area is 142 Å². The van der Waals surface area contributed by atoms with Crippen LogP contribution in [0, 0.1) is 0 Å². The van der Waals surface area contributed by atoms with Gasteiger partial charge in [0.15, 0.2) is 0 Å². The van der Waals surface area contributed by atoms with Gasteiger partial charge < -0.3 is 5.73 Å². The van der Waals surface area contributed by atoms with Crippen molar-refractivity contribution in [3.63, 3.8) is 0 Å². The highest BCUT2D eigenvalue weighted by Crippen LogP contribution is 2.33. The van der Waals surface area contributed by atoms with Gasteiger partial charge in [-0.2, -0.15) is 0 Å². The minimum atomic E-state index is -0.303. The molecule has 0 bridgehead atoms. The fourth-order valence-electron chi connectivity index (χ4n) is 2.25. The second-order valence-electron chi connectivity index (χ2n) is 5.07. The maximum atomic E-state index is 12.4. The second-order valence-corrected chi connectivity index (χ2v) is 6.50. The van der Waals surface area contributed by atoms with Crippen LogP contribution in [-0.2, 0) is 11.3 Å². The van der Waals surface area contributed by atoms with Gasteiger partial charge in [-0.1, -0.05) is 35.9 Å². The van der Waals surface area contributed by atoms with Crippen LogP contribution >= 0.6 is 23.4 Å². The minimum Gasteiger partial charge on any atom is -0.399 e. The van der Waals surface area contributed by atoms with Crippen molar-refractivity contribution in [2.75, 3.05) is 5.73 Å². The van der Waals surface area contributed by atoms with Crippen molar-refractivity contribution >= 4 is 46.3 Å². The third-order valence-electron chi connectivity index (χ3n) is 3.31. The molecule has 6 heteroatoms. The van der Waals surface area contributed by atoms with E-state index in [2.05, 4.69) is 0 Å². The number of hydrogen-bond donors (Lipinski definition) is 1. The van der Waals surface area contributed by atoms with E-state index in [9.17, 15) is 9.59 Å². The Morgan fingerprint density at radius 1 is 1.13 bits per heavy atom. The first kappa shape index (κ1) is 15.6. The molecule has 0 saturated carbocycles. The summed E-state index contributed by atoms with van der Waals surface area (Å²) in [6.07, 6.45) is 1.68. The van der Waals surface area contributed by atoms with E-state index in [1.807, 2.05) is 12.1 Å². The largest absolute Gasteiger partial charge is 0.399 e. The number of nitrogens with zero attached hydrogens (tertiary/aromatic N) is 1. The van der Waals surface area contributed by atoms with Crippen LogP contribution in [0.4, 0.5) is 10.5 Å². The number of halogens is 1. The Balaban J connectivity index is 1.82. The molecule has 1 aliphatic rings. The molecule has 1 aliphatic heterocycles. The lowest BCUT2D eigenvalue weighted by molar-refractivity contribution is -0.123. The van der Waals surface area contributed by atoms with Crippen LogP contribution in [0.3, 0.4) is 0 Å². The predicted octanol–water partition coefficient (Wildman–Crippen LogP) is 4.16. The number of nitrogen functional groups attached to an aromatic ring is 1. The lowest BCUT2D eigenvalue weighted by Gasteiger charge is -2.12. The number of amides is 2.